The number of aryl methyl sites for hydroxylation is 1. The summed E-state index contributed by atoms with van der Waals surface area (Å²) in [4.78, 5) is 0.604. The van der Waals surface area contributed by atoms with Crippen molar-refractivity contribution in [1.29, 1.82) is 0 Å². The highest BCUT2D eigenvalue weighted by molar-refractivity contribution is 9.09. The average molecular weight is 211 g/mol. The van der Waals surface area contributed by atoms with Gasteiger partial charge in [0.25, 0.3) is 0 Å². The summed E-state index contributed by atoms with van der Waals surface area (Å²) in [5.74, 6) is 0. The number of benzene rings is 1. The molecule has 0 aliphatic heterocycles. The molecule has 0 N–H and O–H groups in total. The van der Waals surface area contributed by atoms with Crippen molar-refractivity contribution in [2.75, 3.05) is 0 Å². The number of hydrogen-bond acceptors (Lipinski definition) is 0. The lowest BCUT2D eigenvalue weighted by Gasteiger charge is -2.20. The molecule has 0 aromatic heterocycles. The minimum atomic E-state index is 0.604. The lowest BCUT2D eigenvalue weighted by Crippen LogP contribution is -2.03. The number of rotatable bonds is 0. The van der Waals surface area contributed by atoms with E-state index in [1.54, 1.807) is 0 Å². The van der Waals surface area contributed by atoms with E-state index >= 15 is 0 Å². The summed E-state index contributed by atoms with van der Waals surface area (Å²) < 4.78 is 0. The molecule has 0 unspecified atom stereocenters. The molecule has 2 rings (SSSR count). The molecule has 1 aliphatic rings. The molecule has 1 heteroatoms. The Morgan fingerprint density at radius 1 is 1.27 bits per heavy atom. The maximum atomic E-state index is 3.69. The summed E-state index contributed by atoms with van der Waals surface area (Å²) in [7, 11) is 0. The molecule has 0 radical (unpaired) electrons. The van der Waals surface area contributed by atoms with Gasteiger partial charge >= 0.3 is 0 Å². The first-order valence-electron chi connectivity index (χ1n) is 4.10. The molecule has 1 atom stereocenters. The van der Waals surface area contributed by atoms with Crippen molar-refractivity contribution in [3.63, 3.8) is 0 Å². The molecule has 0 saturated heterocycles. The number of hydrogen-bond donors (Lipinski definition) is 0. The Kier molecular flexibility index (Phi) is 1.99. The summed E-state index contributed by atoms with van der Waals surface area (Å²) in [6.45, 7) is 0. The summed E-state index contributed by atoms with van der Waals surface area (Å²) >= 11 is 3.69. The van der Waals surface area contributed by atoms with Crippen molar-refractivity contribution in [2.24, 2.45) is 0 Å². The number of alkyl halides is 1. The molecule has 0 saturated carbocycles. The van der Waals surface area contributed by atoms with Crippen LogP contribution < -0.4 is 0 Å². The first-order valence-corrected chi connectivity index (χ1v) is 5.01. The van der Waals surface area contributed by atoms with Crippen molar-refractivity contribution in [3.8, 4) is 0 Å². The third-order valence-electron chi connectivity index (χ3n) is 2.30. The quantitative estimate of drug-likeness (QED) is 0.576. The summed E-state index contributed by atoms with van der Waals surface area (Å²) in [6, 6.07) is 8.72. The van der Waals surface area contributed by atoms with Gasteiger partial charge in [-0.1, -0.05) is 40.2 Å². The van der Waals surface area contributed by atoms with Crippen molar-refractivity contribution in [2.45, 2.75) is 24.1 Å². The zero-order chi connectivity index (χ0) is 7.68. The van der Waals surface area contributed by atoms with Crippen molar-refractivity contribution in [3.05, 3.63) is 35.4 Å². The largest absolute Gasteiger partial charge is 0.0839 e. The van der Waals surface area contributed by atoms with Gasteiger partial charge in [0.15, 0.2) is 0 Å². The van der Waals surface area contributed by atoms with Crippen LogP contribution in [0.5, 0.6) is 0 Å². The van der Waals surface area contributed by atoms with Gasteiger partial charge in [-0.05, 0) is 30.4 Å². The van der Waals surface area contributed by atoms with E-state index in [1.165, 1.54) is 30.4 Å². The zero-order valence-corrected chi connectivity index (χ0v) is 7.97. The summed E-state index contributed by atoms with van der Waals surface area (Å²) in [5.41, 5.74) is 3.03. The third kappa shape index (κ3) is 1.34. The number of halogens is 1. The van der Waals surface area contributed by atoms with E-state index in [0.29, 0.717) is 4.83 Å². The van der Waals surface area contributed by atoms with E-state index in [0.717, 1.165) is 0 Å². The second-order valence-corrected chi connectivity index (χ2v) is 4.16. The van der Waals surface area contributed by atoms with Crippen LogP contribution in [0.25, 0.3) is 0 Å². The Balaban J connectivity index is 2.44. The minimum Gasteiger partial charge on any atom is -0.0839 e. The van der Waals surface area contributed by atoms with Gasteiger partial charge in [-0.2, -0.15) is 0 Å². The molecule has 11 heavy (non-hydrogen) atoms. The second-order valence-electron chi connectivity index (χ2n) is 3.06. The SMILES string of the molecule is Br[C@@H]1CCCc2ccccc21. The molecular formula is C10H11Br. The Bertz CT molecular complexity index is 255. The maximum Gasteiger partial charge on any atom is 0.0398 e. The van der Waals surface area contributed by atoms with Crippen LogP contribution in [0.1, 0.15) is 28.8 Å². The molecular weight excluding hydrogens is 200 g/mol. The van der Waals surface area contributed by atoms with Gasteiger partial charge in [-0.25, -0.2) is 0 Å². The Morgan fingerprint density at radius 3 is 2.91 bits per heavy atom. The van der Waals surface area contributed by atoms with Crippen LogP contribution in [-0.4, -0.2) is 0 Å². The second kappa shape index (κ2) is 2.98. The molecule has 58 valence electrons. The molecule has 1 aromatic carbocycles. The standard InChI is InChI=1S/C10H11Br/c11-10-7-3-5-8-4-1-2-6-9(8)10/h1-2,4,6,10H,3,5,7H2/t10-/m1/s1. The van der Waals surface area contributed by atoms with Crippen LogP contribution in [0, 0.1) is 0 Å². The highest BCUT2D eigenvalue weighted by Crippen LogP contribution is 2.35. The predicted octanol–water partition coefficient (Wildman–Crippen LogP) is 3.46. The molecule has 0 amide bonds. The van der Waals surface area contributed by atoms with Gasteiger partial charge in [-0.15, -0.1) is 0 Å². The van der Waals surface area contributed by atoms with Crippen LogP contribution in [0.4, 0.5) is 0 Å². The third-order valence-corrected chi connectivity index (χ3v) is 3.25. The van der Waals surface area contributed by atoms with Gasteiger partial charge in [0.05, 0.1) is 0 Å². The molecule has 1 aliphatic carbocycles. The van der Waals surface area contributed by atoms with Gasteiger partial charge in [0.1, 0.15) is 0 Å². The predicted molar refractivity (Wildman–Crippen MR) is 51.0 cm³/mol. The zero-order valence-electron chi connectivity index (χ0n) is 6.39. The molecule has 1 aromatic rings. The maximum absolute atomic E-state index is 3.69. The van der Waals surface area contributed by atoms with Gasteiger partial charge in [0.2, 0.25) is 0 Å². The minimum absolute atomic E-state index is 0.604. The number of fused-ring (bicyclic) bond motifs is 1. The fraction of sp³-hybridized carbons (Fsp3) is 0.400. The van der Waals surface area contributed by atoms with E-state index in [2.05, 4.69) is 40.2 Å². The van der Waals surface area contributed by atoms with Crippen LogP contribution in [0.3, 0.4) is 0 Å². The summed E-state index contributed by atoms with van der Waals surface area (Å²) in [6.07, 6.45) is 3.88. The van der Waals surface area contributed by atoms with Crippen molar-refractivity contribution in [1.82, 2.24) is 0 Å². The fourth-order valence-corrected chi connectivity index (χ4v) is 2.47. The van der Waals surface area contributed by atoms with Crippen LogP contribution in [0.15, 0.2) is 24.3 Å². The van der Waals surface area contributed by atoms with Crippen molar-refractivity contribution >= 4 is 15.9 Å². The van der Waals surface area contributed by atoms with Gasteiger partial charge in [-0.3, -0.25) is 0 Å². The monoisotopic (exact) mass is 210 g/mol. The Hall–Kier alpha value is -0.300. The van der Waals surface area contributed by atoms with Crippen molar-refractivity contribution < 1.29 is 0 Å². The molecule has 0 spiro atoms. The molecule has 0 nitrogen and oxygen atoms in total. The Morgan fingerprint density at radius 2 is 2.09 bits per heavy atom. The van der Waals surface area contributed by atoms with E-state index in [1.807, 2.05) is 0 Å². The summed E-state index contributed by atoms with van der Waals surface area (Å²) in [5, 5.41) is 0. The van der Waals surface area contributed by atoms with Gasteiger partial charge < -0.3 is 0 Å². The van der Waals surface area contributed by atoms with E-state index in [9.17, 15) is 0 Å². The normalized spacial score (nSPS) is 22.8. The first kappa shape index (κ1) is 7.35. The van der Waals surface area contributed by atoms with E-state index in [4.69, 9.17) is 0 Å². The fourth-order valence-electron chi connectivity index (χ4n) is 1.69. The smallest absolute Gasteiger partial charge is 0.0398 e. The van der Waals surface area contributed by atoms with Crippen LogP contribution in [-0.2, 0) is 6.42 Å². The Labute approximate surface area is 75.8 Å². The average Bonchev–Trinajstić information content (AvgIpc) is 2.06. The van der Waals surface area contributed by atoms with Gasteiger partial charge in [0, 0.05) is 4.83 Å². The molecule has 0 heterocycles. The van der Waals surface area contributed by atoms with Crippen LogP contribution in [0.2, 0.25) is 0 Å². The highest BCUT2D eigenvalue weighted by atomic mass is 79.9. The first-order chi connectivity index (χ1) is 5.38. The van der Waals surface area contributed by atoms with Crippen LogP contribution >= 0.6 is 15.9 Å². The lowest BCUT2D eigenvalue weighted by molar-refractivity contribution is 0.681. The highest BCUT2D eigenvalue weighted by Gasteiger charge is 2.15. The van der Waals surface area contributed by atoms with E-state index < -0.39 is 0 Å². The lowest BCUT2D eigenvalue weighted by atomic mass is 9.92. The molecule has 0 bridgehead atoms. The topological polar surface area (TPSA) is 0 Å². The molecule has 0 fully saturated rings. The van der Waals surface area contributed by atoms with E-state index in [-0.39, 0.29) is 0 Å².